The molecule has 2 aromatic heterocycles. The number of aromatic nitrogens is 1. The molecular formula is C22H19N3O6S2. The maximum atomic E-state index is 13.4. The monoisotopic (exact) mass is 485 g/mol. The fraction of sp³-hybridized carbons (Fsp3) is 0.227. The van der Waals surface area contributed by atoms with Gasteiger partial charge in [-0.05, 0) is 42.1 Å². The highest BCUT2D eigenvalue weighted by atomic mass is 32.1. The number of fused-ring (bicyclic) bond motifs is 1. The largest absolute Gasteiger partial charge is 0.460 e. The molecule has 0 saturated carbocycles. The van der Waals surface area contributed by atoms with Gasteiger partial charge in [0.05, 0.1) is 27.3 Å². The van der Waals surface area contributed by atoms with E-state index in [2.05, 4.69) is 4.99 Å². The fourth-order valence-corrected chi connectivity index (χ4v) is 5.31. The molecule has 3 heterocycles. The van der Waals surface area contributed by atoms with Crippen molar-refractivity contribution in [3.05, 3.63) is 93.3 Å². The van der Waals surface area contributed by atoms with Crippen molar-refractivity contribution in [2.45, 2.75) is 13.0 Å². The first kappa shape index (κ1) is 22.8. The molecule has 11 heteroatoms. The van der Waals surface area contributed by atoms with E-state index in [4.69, 9.17) is 9.47 Å². The topological polar surface area (TPSA) is 113 Å². The highest BCUT2D eigenvalue weighted by molar-refractivity contribution is 7.10. The molecule has 0 amide bonds. The lowest BCUT2D eigenvalue weighted by atomic mass is 10.0. The molecule has 0 bridgehead atoms. The van der Waals surface area contributed by atoms with Crippen LogP contribution in [-0.2, 0) is 14.3 Å². The van der Waals surface area contributed by atoms with E-state index in [0.717, 1.165) is 4.88 Å². The van der Waals surface area contributed by atoms with Gasteiger partial charge in [0.25, 0.3) is 11.2 Å². The number of esters is 1. The van der Waals surface area contributed by atoms with Crippen molar-refractivity contribution in [2.24, 2.45) is 4.99 Å². The lowest BCUT2D eigenvalue weighted by Gasteiger charge is -2.23. The first-order chi connectivity index (χ1) is 15.9. The average molecular weight is 486 g/mol. The van der Waals surface area contributed by atoms with Crippen molar-refractivity contribution in [3.63, 3.8) is 0 Å². The van der Waals surface area contributed by atoms with E-state index in [1.807, 2.05) is 17.5 Å². The van der Waals surface area contributed by atoms with Gasteiger partial charge in [-0.1, -0.05) is 17.4 Å². The second-order valence-corrected chi connectivity index (χ2v) is 9.06. The summed E-state index contributed by atoms with van der Waals surface area (Å²) in [5, 5.41) is 12.8. The molecule has 0 radical (unpaired) electrons. The van der Waals surface area contributed by atoms with Crippen LogP contribution in [0, 0.1) is 10.1 Å². The molecular weight excluding hydrogens is 466 g/mol. The predicted molar refractivity (Wildman–Crippen MR) is 124 cm³/mol. The van der Waals surface area contributed by atoms with Gasteiger partial charge in [-0.3, -0.25) is 19.5 Å². The number of ether oxygens (including phenoxy) is 2. The Morgan fingerprint density at radius 3 is 2.67 bits per heavy atom. The number of carbonyl (C=O) groups is 1. The van der Waals surface area contributed by atoms with E-state index in [1.54, 1.807) is 25.1 Å². The normalized spacial score (nSPS) is 15.8. The quantitative estimate of drug-likeness (QED) is 0.220. The molecule has 1 aromatic carbocycles. The van der Waals surface area contributed by atoms with E-state index in [-0.39, 0.29) is 24.5 Å². The number of thiazole rings is 1. The van der Waals surface area contributed by atoms with Gasteiger partial charge in [-0.2, -0.15) is 0 Å². The highest BCUT2D eigenvalue weighted by Crippen LogP contribution is 2.33. The van der Waals surface area contributed by atoms with Crippen LogP contribution in [0.25, 0.3) is 6.08 Å². The van der Waals surface area contributed by atoms with Crippen molar-refractivity contribution in [2.75, 3.05) is 20.3 Å². The molecule has 0 saturated heterocycles. The average Bonchev–Trinajstić information content (AvgIpc) is 3.42. The number of benzene rings is 1. The van der Waals surface area contributed by atoms with E-state index in [9.17, 15) is 19.7 Å². The summed E-state index contributed by atoms with van der Waals surface area (Å²) >= 11 is 2.63. The SMILES string of the molecule is COCCOC(=O)C1=C(C)N=c2s/c(=C\c3ccc([N+](=O)[O-])cc3)c(=O)n2[C@@H]1c1cccs1. The molecule has 0 spiro atoms. The van der Waals surface area contributed by atoms with Crippen molar-refractivity contribution < 1.29 is 19.2 Å². The van der Waals surface area contributed by atoms with Gasteiger partial charge in [-0.25, -0.2) is 9.79 Å². The molecule has 170 valence electrons. The number of nitro benzene ring substituents is 1. The zero-order chi connectivity index (χ0) is 23.5. The summed E-state index contributed by atoms with van der Waals surface area (Å²) in [5.74, 6) is -0.545. The Bertz CT molecular complexity index is 1400. The molecule has 3 aromatic rings. The van der Waals surface area contributed by atoms with Gasteiger partial charge < -0.3 is 9.47 Å². The minimum absolute atomic E-state index is 0.0291. The summed E-state index contributed by atoms with van der Waals surface area (Å²) in [4.78, 5) is 42.6. The van der Waals surface area contributed by atoms with Crippen molar-refractivity contribution in [1.29, 1.82) is 0 Å². The second kappa shape index (κ2) is 9.61. The number of nitro groups is 1. The molecule has 0 unspecified atom stereocenters. The third-order valence-electron chi connectivity index (χ3n) is 4.98. The molecule has 1 aliphatic heterocycles. The zero-order valence-electron chi connectivity index (χ0n) is 17.7. The van der Waals surface area contributed by atoms with E-state index < -0.39 is 16.9 Å². The first-order valence-corrected chi connectivity index (χ1v) is 11.6. The minimum Gasteiger partial charge on any atom is -0.460 e. The number of carbonyl (C=O) groups excluding carboxylic acids is 1. The Morgan fingerprint density at radius 1 is 1.27 bits per heavy atom. The Hall–Kier alpha value is -3.41. The van der Waals surface area contributed by atoms with E-state index in [1.165, 1.54) is 46.5 Å². The fourth-order valence-electron chi connectivity index (χ4n) is 3.44. The number of thiophene rings is 1. The molecule has 33 heavy (non-hydrogen) atoms. The molecule has 1 atom stereocenters. The Kier molecular flexibility index (Phi) is 6.63. The second-order valence-electron chi connectivity index (χ2n) is 7.07. The third-order valence-corrected chi connectivity index (χ3v) is 6.88. The van der Waals surface area contributed by atoms with Crippen molar-refractivity contribution in [3.8, 4) is 0 Å². The van der Waals surface area contributed by atoms with Crippen LogP contribution >= 0.6 is 22.7 Å². The summed E-state index contributed by atoms with van der Waals surface area (Å²) in [6.07, 6.45) is 1.66. The van der Waals surface area contributed by atoms with Gasteiger partial charge in [0.2, 0.25) is 0 Å². The predicted octanol–water partition coefficient (Wildman–Crippen LogP) is 2.39. The molecule has 1 aliphatic rings. The molecule has 0 N–H and O–H groups in total. The number of rotatable bonds is 7. The maximum Gasteiger partial charge on any atom is 0.338 e. The number of methoxy groups -OCH3 is 1. The van der Waals surface area contributed by atoms with Crippen LogP contribution in [0.1, 0.15) is 23.4 Å². The van der Waals surface area contributed by atoms with Gasteiger partial charge in [0, 0.05) is 24.1 Å². The first-order valence-electron chi connectivity index (χ1n) is 9.87. The van der Waals surface area contributed by atoms with Gasteiger partial charge in [-0.15, -0.1) is 11.3 Å². The lowest BCUT2D eigenvalue weighted by molar-refractivity contribution is -0.384. The zero-order valence-corrected chi connectivity index (χ0v) is 19.4. The number of hydrogen-bond acceptors (Lipinski definition) is 9. The Labute approximate surface area is 195 Å². The smallest absolute Gasteiger partial charge is 0.338 e. The van der Waals surface area contributed by atoms with Gasteiger partial charge in [0.1, 0.15) is 12.6 Å². The summed E-state index contributed by atoms with van der Waals surface area (Å²) in [5.41, 5.74) is 1.11. The van der Waals surface area contributed by atoms with Crippen molar-refractivity contribution in [1.82, 2.24) is 4.57 Å². The van der Waals surface area contributed by atoms with Crippen LogP contribution in [0.15, 0.2) is 62.8 Å². The van der Waals surface area contributed by atoms with Crippen LogP contribution in [0.4, 0.5) is 5.69 Å². The number of allylic oxidation sites excluding steroid dienone is 1. The van der Waals surface area contributed by atoms with Crippen LogP contribution in [0.5, 0.6) is 0 Å². The van der Waals surface area contributed by atoms with Crippen LogP contribution in [0.2, 0.25) is 0 Å². The maximum absolute atomic E-state index is 13.4. The van der Waals surface area contributed by atoms with Gasteiger partial charge in [0.15, 0.2) is 4.80 Å². The number of nitrogens with zero attached hydrogens (tertiary/aromatic N) is 3. The minimum atomic E-state index is -0.657. The number of hydrogen-bond donors (Lipinski definition) is 0. The van der Waals surface area contributed by atoms with Gasteiger partial charge >= 0.3 is 5.97 Å². The van der Waals surface area contributed by atoms with Crippen LogP contribution in [0.3, 0.4) is 0 Å². The Balaban J connectivity index is 1.82. The Morgan fingerprint density at radius 2 is 2.03 bits per heavy atom. The summed E-state index contributed by atoms with van der Waals surface area (Å²) in [6, 6.07) is 8.99. The van der Waals surface area contributed by atoms with Crippen LogP contribution in [-0.4, -0.2) is 35.8 Å². The molecule has 0 fully saturated rings. The summed E-state index contributed by atoms with van der Waals surface area (Å²) < 4.78 is 12.2. The third kappa shape index (κ3) is 4.56. The standard InChI is InChI=1S/C22H19N3O6S2/c1-13-18(21(27)31-10-9-30-2)19(16-4-3-11-32-16)24-20(26)17(33-22(24)23-13)12-14-5-7-15(8-6-14)25(28)29/h3-8,11-12,19H,9-10H2,1-2H3/b17-12-/t19-/m1/s1. The molecule has 9 nitrogen and oxygen atoms in total. The van der Waals surface area contributed by atoms with E-state index >= 15 is 0 Å². The van der Waals surface area contributed by atoms with Crippen molar-refractivity contribution >= 4 is 40.4 Å². The van der Waals surface area contributed by atoms with E-state index in [0.29, 0.717) is 26.2 Å². The summed E-state index contributed by atoms with van der Waals surface area (Å²) in [6.45, 7) is 2.08. The van der Waals surface area contributed by atoms with Crippen LogP contribution < -0.4 is 14.9 Å². The molecule has 4 rings (SSSR count). The highest BCUT2D eigenvalue weighted by Gasteiger charge is 2.34. The summed E-state index contributed by atoms with van der Waals surface area (Å²) in [7, 11) is 1.52. The molecule has 0 aliphatic carbocycles. The number of non-ortho nitro benzene ring substituents is 1. The lowest BCUT2D eigenvalue weighted by Crippen LogP contribution is -2.39.